The number of aromatic nitrogens is 6. The Bertz CT molecular complexity index is 1690. The van der Waals surface area contributed by atoms with Gasteiger partial charge in [-0.25, -0.2) is 0 Å². The standard InChI is InChI=1S/C26H26N10O2S2/c27-21(39-25(28)31-22(37)11-15-5-3-7-19-17(15)13-29-33-19)9-1-2-10-24-35-36-26(40-24)32-23(38)12-16-6-4-8-20-18(16)14-30-34-20/h3-8,13-14,27H,1-2,9-12H2,(H,29,33)(H,30,34)(H2,28,31,37)(H,32,36,38). The number of nitrogens with one attached hydrogen (secondary N) is 6. The van der Waals surface area contributed by atoms with Gasteiger partial charge in [0.15, 0.2) is 5.17 Å². The predicted molar refractivity (Wildman–Crippen MR) is 157 cm³/mol. The number of rotatable bonds is 10. The zero-order chi connectivity index (χ0) is 27.9. The monoisotopic (exact) mass is 574 g/mol. The fourth-order valence-corrected chi connectivity index (χ4v) is 5.67. The topological polar surface area (TPSA) is 189 Å². The number of amidine groups is 1. The van der Waals surface area contributed by atoms with Gasteiger partial charge in [0.05, 0.1) is 41.3 Å². The number of aromatic amines is 2. The summed E-state index contributed by atoms with van der Waals surface area (Å²) in [6.07, 6.45) is 6.39. The minimum atomic E-state index is -0.309. The van der Waals surface area contributed by atoms with Crippen molar-refractivity contribution in [2.75, 3.05) is 5.32 Å². The molecule has 204 valence electrons. The summed E-state index contributed by atoms with van der Waals surface area (Å²) in [5.41, 5.74) is 3.44. The van der Waals surface area contributed by atoms with E-state index < -0.39 is 0 Å². The Morgan fingerprint density at radius 1 is 0.875 bits per heavy atom. The highest BCUT2D eigenvalue weighted by Crippen LogP contribution is 2.21. The van der Waals surface area contributed by atoms with E-state index in [1.165, 1.54) is 11.3 Å². The molecule has 5 rings (SSSR count). The number of anilines is 1. The first-order chi connectivity index (χ1) is 19.4. The van der Waals surface area contributed by atoms with E-state index in [2.05, 4.69) is 41.2 Å². The first-order valence-corrected chi connectivity index (χ1v) is 14.2. The van der Waals surface area contributed by atoms with Crippen molar-refractivity contribution in [1.29, 1.82) is 10.8 Å². The number of carbonyl (C=O) groups excluding carboxylic acids is 2. The summed E-state index contributed by atoms with van der Waals surface area (Å²) >= 11 is 2.28. The molecule has 0 atom stereocenters. The van der Waals surface area contributed by atoms with Crippen molar-refractivity contribution >= 4 is 72.1 Å². The SMILES string of the molecule is N=C(CCCCc1nnc(NC(=O)Cc2cccc3[nH]ncc23)s1)SC(=N)NC(=O)Cc1cccc2[nH]ncc12. The molecule has 0 aliphatic carbocycles. The minimum Gasteiger partial charge on any atom is -0.305 e. The lowest BCUT2D eigenvalue weighted by molar-refractivity contribution is -0.119. The summed E-state index contributed by atoms with van der Waals surface area (Å²) in [5.74, 6) is -0.480. The van der Waals surface area contributed by atoms with Gasteiger partial charge in [-0.1, -0.05) is 35.6 Å². The molecule has 0 unspecified atom stereocenters. The lowest BCUT2D eigenvalue weighted by Gasteiger charge is -2.08. The van der Waals surface area contributed by atoms with Gasteiger partial charge >= 0.3 is 0 Å². The minimum absolute atomic E-state index is 0.0668. The summed E-state index contributed by atoms with van der Waals surface area (Å²) in [6.45, 7) is 0. The van der Waals surface area contributed by atoms with Gasteiger partial charge in [-0.05, 0) is 54.3 Å². The summed E-state index contributed by atoms with van der Waals surface area (Å²) in [7, 11) is 0. The van der Waals surface area contributed by atoms with Crippen LogP contribution in [0.4, 0.5) is 5.13 Å². The number of nitrogens with zero attached hydrogens (tertiary/aromatic N) is 4. The van der Waals surface area contributed by atoms with E-state index in [0.29, 0.717) is 23.0 Å². The molecule has 0 fully saturated rings. The lowest BCUT2D eigenvalue weighted by Crippen LogP contribution is -2.29. The first kappa shape index (κ1) is 27.1. The zero-order valence-electron chi connectivity index (χ0n) is 21.3. The van der Waals surface area contributed by atoms with Crippen molar-refractivity contribution in [3.8, 4) is 0 Å². The van der Waals surface area contributed by atoms with Crippen molar-refractivity contribution in [2.24, 2.45) is 0 Å². The molecule has 6 N–H and O–H groups in total. The fraction of sp³-hybridized carbons (Fsp3) is 0.231. The molecule has 2 aromatic carbocycles. The van der Waals surface area contributed by atoms with Crippen LogP contribution in [0.25, 0.3) is 21.8 Å². The van der Waals surface area contributed by atoms with Crippen LogP contribution >= 0.6 is 23.1 Å². The molecule has 5 aromatic rings. The smallest absolute Gasteiger partial charge is 0.230 e. The van der Waals surface area contributed by atoms with E-state index in [9.17, 15) is 9.59 Å². The van der Waals surface area contributed by atoms with Crippen LogP contribution in [0, 0.1) is 10.8 Å². The van der Waals surface area contributed by atoms with Gasteiger partial charge in [-0.2, -0.15) is 10.2 Å². The van der Waals surface area contributed by atoms with Crippen LogP contribution in [0.2, 0.25) is 0 Å². The quantitative estimate of drug-likeness (QED) is 0.0819. The number of fused-ring (bicyclic) bond motifs is 2. The van der Waals surface area contributed by atoms with Gasteiger partial charge in [0.2, 0.25) is 16.9 Å². The van der Waals surface area contributed by atoms with E-state index in [1.54, 1.807) is 12.4 Å². The maximum atomic E-state index is 12.5. The number of hydrogen-bond donors (Lipinski definition) is 6. The predicted octanol–water partition coefficient (Wildman–Crippen LogP) is 4.19. The second-order valence-electron chi connectivity index (χ2n) is 9.01. The molecule has 2 amide bonds. The summed E-state index contributed by atoms with van der Waals surface area (Å²) < 4.78 is 0. The van der Waals surface area contributed by atoms with Gasteiger partial charge in [0, 0.05) is 17.2 Å². The summed E-state index contributed by atoms with van der Waals surface area (Å²) in [6, 6.07) is 11.3. The maximum absolute atomic E-state index is 12.5. The molecule has 3 heterocycles. The number of unbranched alkanes of at least 4 members (excludes halogenated alkanes) is 1. The largest absolute Gasteiger partial charge is 0.305 e. The highest BCUT2D eigenvalue weighted by atomic mass is 32.2. The van der Waals surface area contributed by atoms with Crippen LogP contribution in [0.5, 0.6) is 0 Å². The average Bonchev–Trinajstić information content (AvgIpc) is 3.68. The van der Waals surface area contributed by atoms with Gasteiger partial charge < -0.3 is 10.6 Å². The number of carbonyl (C=O) groups is 2. The highest BCUT2D eigenvalue weighted by molar-refractivity contribution is 8.26. The van der Waals surface area contributed by atoms with E-state index >= 15 is 0 Å². The van der Waals surface area contributed by atoms with E-state index in [0.717, 1.165) is 62.5 Å². The number of H-pyrrole nitrogens is 2. The summed E-state index contributed by atoms with van der Waals surface area (Å²) in [5, 5.41) is 46.9. The van der Waals surface area contributed by atoms with Crippen molar-refractivity contribution in [3.63, 3.8) is 0 Å². The second-order valence-corrected chi connectivity index (χ2v) is 11.2. The number of aryl methyl sites for hydroxylation is 1. The maximum Gasteiger partial charge on any atom is 0.230 e. The molecule has 0 aliphatic heterocycles. The Balaban J connectivity index is 0.990. The van der Waals surface area contributed by atoms with Crippen molar-refractivity contribution in [2.45, 2.75) is 38.5 Å². The lowest BCUT2D eigenvalue weighted by atomic mass is 10.1. The molecule has 3 aromatic heterocycles. The molecule has 0 saturated carbocycles. The molecule has 12 nitrogen and oxygen atoms in total. The summed E-state index contributed by atoms with van der Waals surface area (Å²) in [4.78, 5) is 24.9. The van der Waals surface area contributed by atoms with Crippen LogP contribution in [0.15, 0.2) is 48.8 Å². The van der Waals surface area contributed by atoms with Crippen molar-refractivity contribution in [3.05, 3.63) is 64.9 Å². The van der Waals surface area contributed by atoms with Crippen LogP contribution in [0.1, 0.15) is 35.4 Å². The molecular weight excluding hydrogens is 548 g/mol. The van der Waals surface area contributed by atoms with Crippen LogP contribution < -0.4 is 10.6 Å². The van der Waals surface area contributed by atoms with Gasteiger partial charge in [0.1, 0.15) is 5.01 Å². The number of hydrogen-bond acceptors (Lipinski definition) is 10. The van der Waals surface area contributed by atoms with E-state index in [4.69, 9.17) is 10.8 Å². The van der Waals surface area contributed by atoms with Gasteiger partial charge in [0.25, 0.3) is 0 Å². The first-order valence-electron chi connectivity index (χ1n) is 12.5. The van der Waals surface area contributed by atoms with Crippen LogP contribution in [-0.4, -0.2) is 52.6 Å². The zero-order valence-corrected chi connectivity index (χ0v) is 22.9. The number of thioether (sulfide) groups is 1. The Hall–Kier alpha value is -4.43. The average molecular weight is 575 g/mol. The third-order valence-corrected chi connectivity index (χ3v) is 7.74. The molecule has 14 heteroatoms. The van der Waals surface area contributed by atoms with Crippen LogP contribution in [0.3, 0.4) is 0 Å². The Kier molecular flexibility index (Phi) is 8.56. The molecule has 0 radical (unpaired) electrons. The fourth-order valence-electron chi connectivity index (χ4n) is 4.21. The second kappa shape index (κ2) is 12.6. The van der Waals surface area contributed by atoms with Crippen molar-refractivity contribution < 1.29 is 9.59 Å². The molecular formula is C26H26N10O2S2. The van der Waals surface area contributed by atoms with E-state index in [-0.39, 0.29) is 29.8 Å². The molecule has 0 spiro atoms. The van der Waals surface area contributed by atoms with Crippen LogP contribution in [-0.2, 0) is 28.9 Å². The normalized spacial score (nSPS) is 11.1. The van der Waals surface area contributed by atoms with Gasteiger partial charge in [-0.3, -0.25) is 30.6 Å². The number of amides is 2. The van der Waals surface area contributed by atoms with Gasteiger partial charge in [-0.15, -0.1) is 10.2 Å². The Morgan fingerprint density at radius 2 is 1.52 bits per heavy atom. The Labute approximate surface area is 236 Å². The van der Waals surface area contributed by atoms with Crippen molar-refractivity contribution in [1.82, 2.24) is 35.9 Å². The molecule has 0 saturated heterocycles. The number of benzene rings is 2. The van der Waals surface area contributed by atoms with E-state index in [1.807, 2.05) is 36.4 Å². The Morgan fingerprint density at radius 3 is 2.20 bits per heavy atom. The third-order valence-electron chi connectivity index (χ3n) is 6.09. The molecule has 0 aliphatic rings. The third kappa shape index (κ3) is 6.95. The molecule has 0 bridgehead atoms. The highest BCUT2D eigenvalue weighted by Gasteiger charge is 2.13. The molecule has 40 heavy (non-hydrogen) atoms.